The highest BCUT2D eigenvalue weighted by atomic mass is 16.3. The van der Waals surface area contributed by atoms with Crippen LogP contribution >= 0.6 is 0 Å². The molecule has 0 bridgehead atoms. The monoisotopic (exact) mass is 500 g/mol. The van der Waals surface area contributed by atoms with E-state index in [1.165, 1.54) is 0 Å². The second-order valence-electron chi connectivity index (χ2n) is 9.26. The Hall–Kier alpha value is -5.60. The zero-order valence-corrected chi connectivity index (χ0v) is 20.7. The van der Waals surface area contributed by atoms with Crippen LogP contribution in [0.1, 0.15) is 5.56 Å². The van der Waals surface area contributed by atoms with Crippen molar-refractivity contribution in [2.75, 3.05) is 0 Å². The third kappa shape index (κ3) is 4.11. The fourth-order valence-corrected chi connectivity index (χ4v) is 4.90. The molecule has 0 radical (unpaired) electrons. The van der Waals surface area contributed by atoms with Gasteiger partial charge in [0.15, 0.2) is 11.4 Å². The van der Waals surface area contributed by atoms with E-state index in [2.05, 4.69) is 41.4 Å². The molecular formula is C34H20N4O. The van der Waals surface area contributed by atoms with E-state index in [1.54, 1.807) is 6.20 Å². The van der Waals surface area contributed by atoms with Gasteiger partial charge in [0, 0.05) is 33.7 Å². The van der Waals surface area contributed by atoms with Crippen LogP contribution < -0.4 is 0 Å². The second-order valence-corrected chi connectivity index (χ2v) is 9.26. The molecule has 3 heterocycles. The summed E-state index contributed by atoms with van der Waals surface area (Å²) in [6, 6.07) is 38.1. The summed E-state index contributed by atoms with van der Waals surface area (Å²) in [7, 11) is 0. The minimum Gasteiger partial charge on any atom is -0.454 e. The van der Waals surface area contributed by atoms with Crippen molar-refractivity contribution < 1.29 is 4.42 Å². The number of nitriles is 1. The molecule has 5 heteroatoms. The Kier molecular flexibility index (Phi) is 5.42. The molecule has 7 aromatic rings. The number of hydrogen-bond donors (Lipinski definition) is 0. The zero-order chi connectivity index (χ0) is 26.2. The molecule has 5 nitrogen and oxygen atoms in total. The van der Waals surface area contributed by atoms with E-state index in [0.29, 0.717) is 17.0 Å². The van der Waals surface area contributed by atoms with E-state index >= 15 is 0 Å². The first kappa shape index (κ1) is 22.6. The molecule has 0 amide bonds. The Balaban J connectivity index is 1.46. The lowest BCUT2D eigenvalue weighted by molar-refractivity contribution is 0.667. The first-order chi connectivity index (χ1) is 19.3. The average molecular weight is 501 g/mol. The molecule has 0 saturated carbocycles. The lowest BCUT2D eigenvalue weighted by Gasteiger charge is -2.10. The minimum atomic E-state index is 0.583. The van der Waals surface area contributed by atoms with Gasteiger partial charge in [-0.05, 0) is 41.5 Å². The van der Waals surface area contributed by atoms with Gasteiger partial charge in [0.05, 0.1) is 29.2 Å². The zero-order valence-electron chi connectivity index (χ0n) is 20.7. The molecule has 4 aromatic carbocycles. The Labute approximate surface area is 224 Å². The third-order valence-electron chi connectivity index (χ3n) is 6.83. The van der Waals surface area contributed by atoms with Gasteiger partial charge in [-0.1, -0.05) is 78.9 Å². The number of benzene rings is 4. The summed E-state index contributed by atoms with van der Waals surface area (Å²) in [5, 5.41) is 11.0. The van der Waals surface area contributed by atoms with Crippen LogP contribution in [0.2, 0.25) is 0 Å². The number of aromatic nitrogens is 3. The Morgan fingerprint density at radius 1 is 0.590 bits per heavy atom. The number of pyridine rings is 1. The Morgan fingerprint density at radius 2 is 1.23 bits per heavy atom. The van der Waals surface area contributed by atoms with Gasteiger partial charge in [-0.25, -0.2) is 9.97 Å². The van der Waals surface area contributed by atoms with Crippen LogP contribution in [0, 0.1) is 11.3 Å². The van der Waals surface area contributed by atoms with Gasteiger partial charge in [0.1, 0.15) is 5.58 Å². The van der Waals surface area contributed by atoms with Crippen LogP contribution in [-0.4, -0.2) is 15.0 Å². The van der Waals surface area contributed by atoms with Crippen molar-refractivity contribution in [1.82, 2.24) is 15.0 Å². The maximum Gasteiger partial charge on any atom is 0.162 e. The lowest BCUT2D eigenvalue weighted by atomic mass is 10.0. The van der Waals surface area contributed by atoms with Crippen molar-refractivity contribution in [2.45, 2.75) is 0 Å². The minimum absolute atomic E-state index is 0.583. The van der Waals surface area contributed by atoms with Crippen molar-refractivity contribution in [3.05, 3.63) is 127 Å². The molecule has 0 unspecified atom stereocenters. The number of fused-ring (bicyclic) bond motifs is 3. The molecule has 39 heavy (non-hydrogen) atoms. The van der Waals surface area contributed by atoms with Crippen molar-refractivity contribution in [3.63, 3.8) is 0 Å². The predicted molar refractivity (Wildman–Crippen MR) is 154 cm³/mol. The standard InChI is InChI=1S/C34H20N4O/c35-19-22-11-13-23(14-12-22)26-15-16-31-27(17-26)33-28(20-36-21-32(33)39-31)34-37-29(24-7-3-1-4-8-24)18-30(38-34)25-9-5-2-6-10-25/h1-18,20-21H. The van der Waals surface area contributed by atoms with Crippen molar-refractivity contribution in [2.24, 2.45) is 0 Å². The first-order valence-electron chi connectivity index (χ1n) is 12.6. The van der Waals surface area contributed by atoms with Crippen LogP contribution in [0.4, 0.5) is 0 Å². The molecule has 0 saturated heterocycles. The molecule has 0 atom stereocenters. The molecule has 7 rings (SSSR count). The second kappa shape index (κ2) is 9.37. The normalized spacial score (nSPS) is 11.1. The van der Waals surface area contributed by atoms with E-state index in [4.69, 9.17) is 14.4 Å². The largest absolute Gasteiger partial charge is 0.454 e. The van der Waals surface area contributed by atoms with Gasteiger partial charge >= 0.3 is 0 Å². The van der Waals surface area contributed by atoms with Crippen molar-refractivity contribution in [3.8, 4) is 51.1 Å². The molecular weight excluding hydrogens is 480 g/mol. The highest BCUT2D eigenvalue weighted by Gasteiger charge is 2.18. The van der Waals surface area contributed by atoms with Crippen LogP contribution in [-0.2, 0) is 0 Å². The van der Waals surface area contributed by atoms with E-state index in [9.17, 15) is 5.26 Å². The van der Waals surface area contributed by atoms with E-state index in [-0.39, 0.29) is 0 Å². The molecule has 0 N–H and O–H groups in total. The van der Waals surface area contributed by atoms with Gasteiger partial charge in [-0.2, -0.15) is 5.26 Å². The highest BCUT2D eigenvalue weighted by molar-refractivity contribution is 6.12. The summed E-state index contributed by atoms with van der Waals surface area (Å²) in [4.78, 5) is 14.5. The van der Waals surface area contributed by atoms with Crippen LogP contribution in [0.5, 0.6) is 0 Å². The van der Waals surface area contributed by atoms with Gasteiger partial charge in [0.25, 0.3) is 0 Å². The van der Waals surface area contributed by atoms with Crippen LogP contribution in [0.3, 0.4) is 0 Å². The van der Waals surface area contributed by atoms with Gasteiger partial charge in [-0.15, -0.1) is 0 Å². The summed E-state index contributed by atoms with van der Waals surface area (Å²) in [5.41, 5.74) is 8.62. The van der Waals surface area contributed by atoms with Crippen LogP contribution in [0.25, 0.3) is 67.0 Å². The summed E-state index contributed by atoms with van der Waals surface area (Å²) in [6.07, 6.45) is 3.55. The molecule has 3 aromatic heterocycles. The molecule has 0 aliphatic carbocycles. The summed E-state index contributed by atoms with van der Waals surface area (Å²) in [6.45, 7) is 0. The molecule has 0 aliphatic rings. The average Bonchev–Trinajstić information content (AvgIpc) is 3.40. The Morgan fingerprint density at radius 3 is 1.87 bits per heavy atom. The van der Waals surface area contributed by atoms with Gasteiger partial charge in [0.2, 0.25) is 0 Å². The SMILES string of the molecule is N#Cc1ccc(-c2ccc3oc4cncc(-c5nc(-c6ccccc6)cc(-c6ccccc6)n5)c4c3c2)cc1. The fourth-order valence-electron chi connectivity index (χ4n) is 4.90. The molecule has 0 spiro atoms. The van der Waals surface area contributed by atoms with E-state index < -0.39 is 0 Å². The topological polar surface area (TPSA) is 75.6 Å². The maximum atomic E-state index is 9.17. The van der Waals surface area contributed by atoms with E-state index in [1.807, 2.05) is 85.1 Å². The summed E-state index contributed by atoms with van der Waals surface area (Å²) >= 11 is 0. The number of furan rings is 1. The maximum absolute atomic E-state index is 9.17. The first-order valence-corrected chi connectivity index (χ1v) is 12.6. The summed E-state index contributed by atoms with van der Waals surface area (Å²) < 4.78 is 6.21. The highest BCUT2D eigenvalue weighted by Crippen LogP contribution is 2.38. The Bertz CT molecular complexity index is 1950. The smallest absolute Gasteiger partial charge is 0.162 e. The molecule has 0 fully saturated rings. The predicted octanol–water partition coefficient (Wildman–Crippen LogP) is 8.31. The van der Waals surface area contributed by atoms with Crippen LogP contribution in [0.15, 0.2) is 126 Å². The molecule has 0 aliphatic heterocycles. The number of rotatable bonds is 4. The quantitative estimate of drug-likeness (QED) is 0.243. The fraction of sp³-hybridized carbons (Fsp3) is 0. The third-order valence-corrected chi connectivity index (χ3v) is 6.83. The van der Waals surface area contributed by atoms with Gasteiger partial charge < -0.3 is 4.42 Å². The van der Waals surface area contributed by atoms with Crippen molar-refractivity contribution in [1.29, 1.82) is 5.26 Å². The number of nitrogens with zero attached hydrogens (tertiary/aromatic N) is 4. The summed E-state index contributed by atoms with van der Waals surface area (Å²) in [5.74, 6) is 0.583. The molecule has 182 valence electrons. The number of hydrogen-bond acceptors (Lipinski definition) is 5. The van der Waals surface area contributed by atoms with Crippen molar-refractivity contribution >= 4 is 21.9 Å². The van der Waals surface area contributed by atoms with E-state index in [0.717, 1.165) is 55.6 Å². The van der Waals surface area contributed by atoms with Gasteiger partial charge in [-0.3, -0.25) is 4.98 Å². The lowest BCUT2D eigenvalue weighted by Crippen LogP contribution is -1.96.